The molecule has 5 aliphatic rings. The number of rotatable bonds is 10. The molecule has 0 spiro atoms. The van der Waals surface area contributed by atoms with Gasteiger partial charge in [0.2, 0.25) is 10.0 Å². The van der Waals surface area contributed by atoms with Crippen LogP contribution in [0.5, 0.6) is 5.75 Å². The molecule has 2 heterocycles. The van der Waals surface area contributed by atoms with Crippen LogP contribution in [0.2, 0.25) is 0 Å². The van der Waals surface area contributed by atoms with Crippen molar-refractivity contribution in [3.05, 3.63) is 78.1 Å². The molecule has 1 aliphatic heterocycles. The lowest BCUT2D eigenvalue weighted by molar-refractivity contribution is -0.0391. The van der Waals surface area contributed by atoms with Crippen molar-refractivity contribution in [2.75, 3.05) is 43.4 Å². The standard InChI is InChI=1S/C36H44N4O4S/c1-2-44-33-18-31(22-37-23-33)34-6-4-3-5-30(34)24-39-11-13-40(14-12-39)32-9-7-29(8-10-32)35(41)38-45(42,43)25-36-19-26-15-27(20-36)17-28(16-26)21-36/h3-10,18,22-23,26-28H,2,11-17,19-21,24-25H2,1H3,(H,38,41). The van der Waals surface area contributed by atoms with Gasteiger partial charge >= 0.3 is 0 Å². The van der Waals surface area contributed by atoms with Crippen LogP contribution >= 0.6 is 0 Å². The van der Waals surface area contributed by atoms with Gasteiger partial charge in [-0.2, -0.15) is 0 Å². The quantitative estimate of drug-likeness (QED) is 0.306. The Kier molecular flexibility index (Phi) is 8.33. The Labute approximate surface area is 267 Å². The first-order valence-corrected chi connectivity index (χ1v) is 18.2. The van der Waals surface area contributed by atoms with Gasteiger partial charge in [-0.05, 0) is 110 Å². The van der Waals surface area contributed by atoms with E-state index in [1.807, 2.05) is 25.3 Å². The second-order valence-corrected chi connectivity index (χ2v) is 15.6. The first-order chi connectivity index (χ1) is 21.8. The number of pyridine rings is 1. The normalized spacial score (nSPS) is 26.2. The molecule has 3 aromatic rings. The first kappa shape index (κ1) is 30.2. The third kappa shape index (κ3) is 6.75. The molecule has 1 aromatic heterocycles. The lowest BCUT2D eigenvalue weighted by Gasteiger charge is -2.56. The summed E-state index contributed by atoms with van der Waals surface area (Å²) in [4.78, 5) is 22.2. The summed E-state index contributed by atoms with van der Waals surface area (Å²) in [6.07, 6.45) is 10.4. The Hall–Kier alpha value is -3.43. The Bertz CT molecular complexity index is 1600. The zero-order chi connectivity index (χ0) is 31.0. The number of ether oxygens (including phenoxy) is 1. The van der Waals surface area contributed by atoms with Crippen LogP contribution in [0, 0.1) is 23.2 Å². The first-order valence-electron chi connectivity index (χ1n) is 16.5. The lowest BCUT2D eigenvalue weighted by Crippen LogP contribution is -2.51. The number of nitrogens with zero attached hydrogens (tertiary/aromatic N) is 3. The van der Waals surface area contributed by atoms with Crippen LogP contribution in [-0.4, -0.2) is 62.7 Å². The van der Waals surface area contributed by atoms with E-state index >= 15 is 0 Å². The van der Waals surface area contributed by atoms with Crippen molar-refractivity contribution >= 4 is 21.6 Å². The van der Waals surface area contributed by atoms with Gasteiger partial charge in [0.05, 0.1) is 18.6 Å². The van der Waals surface area contributed by atoms with Crippen molar-refractivity contribution in [1.82, 2.24) is 14.6 Å². The van der Waals surface area contributed by atoms with Gasteiger partial charge in [-0.25, -0.2) is 13.1 Å². The molecule has 45 heavy (non-hydrogen) atoms. The molecule has 1 N–H and O–H groups in total. The number of anilines is 1. The number of nitrogens with one attached hydrogen (secondary N) is 1. The highest BCUT2D eigenvalue weighted by atomic mass is 32.2. The van der Waals surface area contributed by atoms with Gasteiger partial charge in [0.15, 0.2) is 0 Å². The van der Waals surface area contributed by atoms with Crippen LogP contribution in [0.15, 0.2) is 67.0 Å². The van der Waals surface area contributed by atoms with Crippen molar-refractivity contribution in [2.45, 2.75) is 52.0 Å². The summed E-state index contributed by atoms with van der Waals surface area (Å²) < 4.78 is 34.4. The largest absolute Gasteiger partial charge is 0.492 e. The molecular formula is C36H44N4O4S. The molecule has 8 rings (SSSR count). The van der Waals surface area contributed by atoms with E-state index in [0.29, 0.717) is 29.9 Å². The van der Waals surface area contributed by atoms with Gasteiger partial charge in [0.1, 0.15) is 5.75 Å². The maximum absolute atomic E-state index is 13.2. The third-order valence-electron chi connectivity index (χ3n) is 10.5. The van der Waals surface area contributed by atoms with Crippen LogP contribution in [0.1, 0.15) is 61.4 Å². The molecule has 0 unspecified atom stereocenters. The summed E-state index contributed by atoms with van der Waals surface area (Å²) in [5.41, 5.74) is 4.77. The summed E-state index contributed by atoms with van der Waals surface area (Å²) in [5.74, 6) is 2.35. The SMILES string of the molecule is CCOc1cncc(-c2ccccc2CN2CCN(c3ccc(C(=O)NS(=O)(=O)CC45CC6CC(CC(C6)C4)C5)cc3)CC2)c1. The van der Waals surface area contributed by atoms with Crippen LogP contribution in [0.4, 0.5) is 5.69 Å². The number of benzene rings is 2. The lowest BCUT2D eigenvalue weighted by atomic mass is 9.50. The molecular weight excluding hydrogens is 584 g/mol. The molecule has 8 nitrogen and oxygen atoms in total. The highest BCUT2D eigenvalue weighted by Gasteiger charge is 2.52. The Balaban J connectivity index is 0.934. The molecule has 4 aliphatic carbocycles. The second-order valence-electron chi connectivity index (χ2n) is 13.9. The number of piperazine rings is 1. The summed E-state index contributed by atoms with van der Waals surface area (Å²) >= 11 is 0. The minimum atomic E-state index is -3.71. The van der Waals surface area contributed by atoms with Crippen molar-refractivity contribution in [3.63, 3.8) is 0 Å². The number of carbonyl (C=O) groups is 1. The Morgan fingerprint density at radius 2 is 1.60 bits per heavy atom. The maximum atomic E-state index is 13.2. The second kappa shape index (κ2) is 12.4. The van der Waals surface area contributed by atoms with Crippen LogP contribution in [0.3, 0.4) is 0 Å². The molecule has 1 saturated heterocycles. The van der Waals surface area contributed by atoms with Crippen LogP contribution < -0.4 is 14.4 Å². The van der Waals surface area contributed by atoms with E-state index in [9.17, 15) is 13.2 Å². The molecule has 9 heteroatoms. The van der Waals surface area contributed by atoms with Crippen molar-refractivity contribution < 1.29 is 17.9 Å². The van der Waals surface area contributed by atoms with E-state index in [1.54, 1.807) is 18.3 Å². The monoisotopic (exact) mass is 628 g/mol. The van der Waals surface area contributed by atoms with Crippen molar-refractivity contribution in [1.29, 1.82) is 0 Å². The summed E-state index contributed by atoms with van der Waals surface area (Å²) in [6.45, 7) is 6.99. The molecule has 1 amide bonds. The zero-order valence-electron chi connectivity index (χ0n) is 26.2. The number of carbonyl (C=O) groups excluding carboxylic acids is 1. The zero-order valence-corrected chi connectivity index (χ0v) is 27.0. The van der Waals surface area contributed by atoms with Gasteiger partial charge in [-0.3, -0.25) is 14.7 Å². The average Bonchev–Trinajstić information content (AvgIpc) is 3.01. The number of hydrogen-bond acceptors (Lipinski definition) is 7. The number of aromatic nitrogens is 1. The fourth-order valence-corrected chi connectivity index (χ4v) is 10.7. The fraction of sp³-hybridized carbons (Fsp3) is 0.500. The molecule has 5 fully saturated rings. The topological polar surface area (TPSA) is 91.8 Å². The average molecular weight is 629 g/mol. The van der Waals surface area contributed by atoms with Gasteiger partial charge in [0, 0.05) is 55.7 Å². The van der Waals surface area contributed by atoms with E-state index in [2.05, 4.69) is 49.8 Å². The van der Waals surface area contributed by atoms with E-state index in [1.165, 1.54) is 30.4 Å². The molecule has 2 aromatic carbocycles. The van der Waals surface area contributed by atoms with Crippen LogP contribution in [0.25, 0.3) is 11.1 Å². The summed E-state index contributed by atoms with van der Waals surface area (Å²) in [7, 11) is -3.71. The van der Waals surface area contributed by atoms with E-state index in [-0.39, 0.29) is 11.2 Å². The molecule has 0 radical (unpaired) electrons. The Morgan fingerprint density at radius 3 is 2.27 bits per heavy atom. The Morgan fingerprint density at radius 1 is 0.933 bits per heavy atom. The highest BCUT2D eigenvalue weighted by molar-refractivity contribution is 7.90. The van der Waals surface area contributed by atoms with E-state index in [0.717, 1.165) is 69.0 Å². The number of hydrogen-bond donors (Lipinski definition) is 1. The number of sulfonamides is 1. The molecule has 4 bridgehead atoms. The molecule has 4 saturated carbocycles. The van der Waals surface area contributed by atoms with Gasteiger partial charge in [0.25, 0.3) is 5.91 Å². The summed E-state index contributed by atoms with van der Waals surface area (Å²) in [5, 5.41) is 0. The van der Waals surface area contributed by atoms with Gasteiger partial charge in [-0.15, -0.1) is 0 Å². The summed E-state index contributed by atoms with van der Waals surface area (Å²) in [6, 6.07) is 17.9. The molecule has 238 valence electrons. The smallest absolute Gasteiger partial charge is 0.264 e. The van der Waals surface area contributed by atoms with Gasteiger partial charge in [-0.1, -0.05) is 24.3 Å². The fourth-order valence-electron chi connectivity index (χ4n) is 9.09. The molecule has 0 atom stereocenters. The third-order valence-corrected chi connectivity index (χ3v) is 12.0. The van der Waals surface area contributed by atoms with Crippen molar-refractivity contribution in [2.24, 2.45) is 23.2 Å². The maximum Gasteiger partial charge on any atom is 0.264 e. The number of amides is 1. The predicted molar refractivity (Wildman–Crippen MR) is 177 cm³/mol. The van der Waals surface area contributed by atoms with E-state index < -0.39 is 15.9 Å². The minimum Gasteiger partial charge on any atom is -0.492 e. The predicted octanol–water partition coefficient (Wildman–Crippen LogP) is 5.75. The van der Waals surface area contributed by atoms with Gasteiger partial charge < -0.3 is 9.64 Å². The highest BCUT2D eigenvalue weighted by Crippen LogP contribution is 2.60. The van der Waals surface area contributed by atoms with Crippen LogP contribution in [-0.2, 0) is 16.6 Å². The minimum absolute atomic E-state index is 0.0820. The van der Waals surface area contributed by atoms with Crippen molar-refractivity contribution in [3.8, 4) is 16.9 Å². The van der Waals surface area contributed by atoms with E-state index in [4.69, 9.17) is 4.74 Å².